The molecule has 0 spiro atoms. The number of hydrogen-bond acceptors (Lipinski definition) is 4. The molecule has 4 rings (SSSR count). The lowest BCUT2D eigenvalue weighted by atomic mass is 9.95. The van der Waals surface area contributed by atoms with Crippen LogP contribution >= 0.6 is 23.2 Å². The number of carbonyl (C=O) groups excluding carboxylic acids is 1. The molecular weight excluding hydrogens is 401 g/mol. The number of aliphatic hydroxyl groups is 1. The monoisotopic (exact) mass is 417 g/mol. The van der Waals surface area contributed by atoms with Crippen LogP contribution in [0.5, 0.6) is 5.75 Å². The quantitative estimate of drug-likeness (QED) is 0.599. The van der Waals surface area contributed by atoms with Crippen molar-refractivity contribution in [3.05, 3.63) is 68.8 Å². The van der Waals surface area contributed by atoms with Crippen molar-refractivity contribution in [3.8, 4) is 17.0 Å². The lowest BCUT2D eigenvalue weighted by Crippen LogP contribution is -2.32. The Labute approximate surface area is 171 Å². The zero-order valence-electron chi connectivity index (χ0n) is 14.9. The first-order valence-corrected chi connectivity index (χ1v) is 9.43. The summed E-state index contributed by atoms with van der Waals surface area (Å²) in [6, 6.07) is 9.89. The van der Waals surface area contributed by atoms with Gasteiger partial charge in [0, 0.05) is 27.7 Å². The molecule has 8 heteroatoms. The van der Waals surface area contributed by atoms with Gasteiger partial charge in [-0.2, -0.15) is 5.10 Å². The molecule has 144 valence electrons. The Morgan fingerprint density at radius 1 is 1.25 bits per heavy atom. The van der Waals surface area contributed by atoms with Crippen LogP contribution in [0.15, 0.2) is 36.4 Å². The number of nitrogens with one attached hydrogen (secondary N) is 1. The average Bonchev–Trinajstić information content (AvgIpc) is 3.18. The largest absolute Gasteiger partial charge is 0.507 e. The smallest absolute Gasteiger partial charge is 0.273 e. The number of aliphatic hydroxyl groups excluding tert-OH is 1. The number of nitrogens with zero attached hydrogens (tertiary/aromatic N) is 2. The third kappa shape index (κ3) is 2.94. The first-order chi connectivity index (χ1) is 13.4. The highest BCUT2D eigenvalue weighted by atomic mass is 35.5. The fourth-order valence-electron chi connectivity index (χ4n) is 3.62. The van der Waals surface area contributed by atoms with Gasteiger partial charge in [0.2, 0.25) is 0 Å². The van der Waals surface area contributed by atoms with Crippen molar-refractivity contribution in [2.24, 2.45) is 0 Å². The van der Waals surface area contributed by atoms with Gasteiger partial charge in [0.05, 0.1) is 12.6 Å². The molecule has 0 saturated carbocycles. The first-order valence-electron chi connectivity index (χ1n) is 8.67. The van der Waals surface area contributed by atoms with Crippen LogP contribution in [-0.2, 0) is 0 Å². The molecule has 0 bridgehead atoms. The maximum atomic E-state index is 12.9. The van der Waals surface area contributed by atoms with Crippen LogP contribution in [0.2, 0.25) is 10.0 Å². The van der Waals surface area contributed by atoms with Crippen LogP contribution in [0.3, 0.4) is 0 Å². The van der Waals surface area contributed by atoms with E-state index in [4.69, 9.17) is 23.2 Å². The highest BCUT2D eigenvalue weighted by Gasteiger charge is 2.42. The summed E-state index contributed by atoms with van der Waals surface area (Å²) >= 11 is 12.4. The number of benzene rings is 2. The van der Waals surface area contributed by atoms with E-state index in [9.17, 15) is 15.0 Å². The average molecular weight is 418 g/mol. The third-order valence-corrected chi connectivity index (χ3v) is 5.54. The van der Waals surface area contributed by atoms with Crippen molar-refractivity contribution in [2.45, 2.75) is 13.0 Å². The van der Waals surface area contributed by atoms with E-state index >= 15 is 0 Å². The molecule has 1 atom stereocenters. The highest BCUT2D eigenvalue weighted by Crippen LogP contribution is 2.45. The number of rotatable bonds is 4. The minimum atomic E-state index is -0.499. The fourth-order valence-corrected chi connectivity index (χ4v) is 3.98. The van der Waals surface area contributed by atoms with Crippen molar-refractivity contribution in [1.29, 1.82) is 0 Å². The topological polar surface area (TPSA) is 89.5 Å². The van der Waals surface area contributed by atoms with E-state index in [0.29, 0.717) is 32.6 Å². The number of carbonyl (C=O) groups is 1. The molecule has 3 N–H and O–H groups in total. The maximum absolute atomic E-state index is 12.9. The molecule has 1 unspecified atom stereocenters. The second-order valence-electron chi connectivity index (χ2n) is 6.66. The van der Waals surface area contributed by atoms with E-state index in [2.05, 4.69) is 10.2 Å². The zero-order valence-corrected chi connectivity index (χ0v) is 16.4. The summed E-state index contributed by atoms with van der Waals surface area (Å²) in [7, 11) is 0. The van der Waals surface area contributed by atoms with Gasteiger partial charge in [-0.1, -0.05) is 35.3 Å². The van der Waals surface area contributed by atoms with Crippen LogP contribution in [-0.4, -0.2) is 44.4 Å². The van der Waals surface area contributed by atoms with E-state index in [1.54, 1.807) is 42.2 Å². The first kappa shape index (κ1) is 18.8. The molecule has 1 amide bonds. The predicted octanol–water partition coefficient (Wildman–Crippen LogP) is 3.94. The number of hydrogen-bond donors (Lipinski definition) is 3. The zero-order chi connectivity index (χ0) is 20.0. The van der Waals surface area contributed by atoms with Gasteiger partial charge in [-0.3, -0.25) is 9.89 Å². The van der Waals surface area contributed by atoms with Gasteiger partial charge in [0.15, 0.2) is 0 Å². The standard InChI is InChI=1S/C20H17Cl2N3O3/c1-10-7-15(27)13(9-14(10)22)17-16-18(24-23-17)20(28)25(5-6-26)19(16)11-3-2-4-12(21)8-11/h2-4,7-9,19,26-27H,5-6H2,1H3,(H,23,24). The van der Waals surface area contributed by atoms with Gasteiger partial charge in [-0.15, -0.1) is 0 Å². The van der Waals surface area contributed by atoms with E-state index in [-0.39, 0.29) is 24.8 Å². The summed E-state index contributed by atoms with van der Waals surface area (Å²) in [5.41, 5.74) is 3.33. The van der Waals surface area contributed by atoms with Crippen molar-refractivity contribution in [1.82, 2.24) is 15.1 Å². The minimum Gasteiger partial charge on any atom is -0.507 e. The summed E-state index contributed by atoms with van der Waals surface area (Å²) < 4.78 is 0. The Hall–Kier alpha value is -2.54. The lowest BCUT2D eigenvalue weighted by molar-refractivity contribution is 0.0706. The Morgan fingerprint density at radius 2 is 2.04 bits per heavy atom. The molecule has 1 aromatic heterocycles. The Balaban J connectivity index is 1.94. The molecule has 3 aromatic rings. The Morgan fingerprint density at radius 3 is 2.75 bits per heavy atom. The second kappa shape index (κ2) is 7.13. The summed E-state index contributed by atoms with van der Waals surface area (Å²) in [4.78, 5) is 14.5. The van der Waals surface area contributed by atoms with E-state index in [1.807, 2.05) is 6.07 Å². The molecule has 28 heavy (non-hydrogen) atoms. The summed E-state index contributed by atoms with van der Waals surface area (Å²) in [6.07, 6.45) is 0. The van der Waals surface area contributed by atoms with Crippen LogP contribution in [0, 0.1) is 6.92 Å². The van der Waals surface area contributed by atoms with Crippen molar-refractivity contribution < 1.29 is 15.0 Å². The van der Waals surface area contributed by atoms with E-state index < -0.39 is 6.04 Å². The number of halogens is 2. The number of aromatic hydroxyl groups is 1. The van der Waals surface area contributed by atoms with Gasteiger partial charge >= 0.3 is 0 Å². The number of fused-ring (bicyclic) bond motifs is 1. The molecule has 1 aliphatic heterocycles. The predicted molar refractivity (Wildman–Crippen MR) is 107 cm³/mol. The third-order valence-electron chi connectivity index (χ3n) is 4.90. The molecule has 0 saturated heterocycles. The number of aryl methyl sites for hydroxylation is 1. The number of H-pyrrole nitrogens is 1. The SMILES string of the molecule is Cc1cc(O)c(-c2n[nH]c3c2C(c2cccc(Cl)c2)N(CCO)C3=O)cc1Cl. The number of aromatic nitrogens is 2. The number of phenolic OH excluding ortho intramolecular Hbond substituents is 1. The van der Waals surface area contributed by atoms with Crippen LogP contribution in [0.4, 0.5) is 0 Å². The second-order valence-corrected chi connectivity index (χ2v) is 7.50. The van der Waals surface area contributed by atoms with Crippen molar-refractivity contribution >= 4 is 29.1 Å². The van der Waals surface area contributed by atoms with Crippen molar-refractivity contribution in [2.75, 3.05) is 13.2 Å². The molecule has 2 heterocycles. The molecule has 0 aliphatic carbocycles. The molecule has 0 radical (unpaired) electrons. The number of β-amino-alcohol motifs (C(OH)–C–C–N with tert-alkyl or cyclic N) is 1. The fraction of sp³-hybridized carbons (Fsp3) is 0.200. The molecule has 6 nitrogen and oxygen atoms in total. The van der Waals surface area contributed by atoms with E-state index in [0.717, 1.165) is 11.1 Å². The van der Waals surface area contributed by atoms with Gasteiger partial charge in [-0.25, -0.2) is 0 Å². The highest BCUT2D eigenvalue weighted by molar-refractivity contribution is 6.31. The Kier molecular flexibility index (Phi) is 4.79. The van der Waals surface area contributed by atoms with E-state index in [1.165, 1.54) is 0 Å². The summed E-state index contributed by atoms with van der Waals surface area (Å²) in [5.74, 6) is -0.250. The van der Waals surface area contributed by atoms with Gasteiger partial charge in [-0.05, 0) is 42.3 Å². The maximum Gasteiger partial charge on any atom is 0.273 e. The van der Waals surface area contributed by atoms with Gasteiger partial charge < -0.3 is 15.1 Å². The van der Waals surface area contributed by atoms with Gasteiger partial charge in [0.25, 0.3) is 5.91 Å². The number of amides is 1. The van der Waals surface area contributed by atoms with Crippen molar-refractivity contribution in [3.63, 3.8) is 0 Å². The molecule has 0 fully saturated rings. The molecular formula is C20H17Cl2N3O3. The summed E-state index contributed by atoms with van der Waals surface area (Å²) in [6.45, 7) is 1.76. The van der Waals surface area contributed by atoms with Gasteiger partial charge in [0.1, 0.15) is 17.1 Å². The number of phenols is 1. The minimum absolute atomic E-state index is 0.0223. The lowest BCUT2D eigenvalue weighted by Gasteiger charge is -2.25. The van der Waals surface area contributed by atoms with Crippen LogP contribution in [0.25, 0.3) is 11.3 Å². The van der Waals surface area contributed by atoms with Crippen LogP contribution < -0.4 is 0 Å². The van der Waals surface area contributed by atoms with Crippen LogP contribution in [0.1, 0.15) is 33.2 Å². The Bertz CT molecular complexity index is 1080. The number of aromatic amines is 1. The molecule has 1 aliphatic rings. The molecule has 2 aromatic carbocycles. The normalized spacial score (nSPS) is 15.9. The summed E-state index contributed by atoms with van der Waals surface area (Å²) in [5, 5.41) is 28.1.